The van der Waals surface area contributed by atoms with E-state index < -0.39 is 0 Å². The molecule has 3 heteroatoms. The maximum Gasteiger partial charge on any atom is 0.145 e. The molecule has 1 aromatic carbocycles. The molecule has 0 saturated carbocycles. The minimum absolute atomic E-state index is 0.758. The summed E-state index contributed by atoms with van der Waals surface area (Å²) in [7, 11) is 2.06. The maximum absolute atomic E-state index is 5.76. The number of anilines is 2. The molecule has 0 aliphatic carbocycles. The Morgan fingerprint density at radius 3 is 3.00 bits per heavy atom. The molecule has 0 saturated heterocycles. The molecule has 13 heavy (non-hydrogen) atoms. The predicted molar refractivity (Wildman–Crippen MR) is 54.4 cm³/mol. The molecule has 1 heterocycles. The zero-order valence-corrected chi connectivity index (χ0v) is 8.00. The second kappa shape index (κ2) is 2.83. The zero-order valence-electron chi connectivity index (χ0n) is 8.00. The Hall–Kier alpha value is -1.38. The smallest absolute Gasteiger partial charge is 0.145 e. The summed E-state index contributed by atoms with van der Waals surface area (Å²) in [5.74, 6) is 0.975. The van der Waals surface area contributed by atoms with Gasteiger partial charge in [0.2, 0.25) is 0 Å². The van der Waals surface area contributed by atoms with Gasteiger partial charge in [-0.3, -0.25) is 0 Å². The monoisotopic (exact) mass is 178 g/mol. The van der Waals surface area contributed by atoms with Crippen molar-refractivity contribution in [3.8, 4) is 5.75 Å². The first kappa shape index (κ1) is 8.23. The number of likely N-dealkylation sites (N-methyl/N-ethyl adjacent to an activating group) is 1. The number of ether oxygens (including phenoxy) is 1. The van der Waals surface area contributed by atoms with Gasteiger partial charge in [-0.2, -0.15) is 0 Å². The van der Waals surface area contributed by atoms with Gasteiger partial charge in [-0.15, -0.1) is 0 Å². The van der Waals surface area contributed by atoms with Crippen molar-refractivity contribution >= 4 is 11.4 Å². The maximum atomic E-state index is 5.76. The van der Waals surface area contributed by atoms with E-state index in [1.54, 1.807) is 0 Å². The van der Waals surface area contributed by atoms with Gasteiger partial charge >= 0.3 is 0 Å². The summed E-state index contributed by atoms with van der Waals surface area (Å²) >= 11 is 0. The summed E-state index contributed by atoms with van der Waals surface area (Å²) < 4.78 is 5.58. The van der Waals surface area contributed by atoms with E-state index in [-0.39, 0.29) is 0 Å². The highest BCUT2D eigenvalue weighted by molar-refractivity contribution is 5.68. The van der Waals surface area contributed by atoms with E-state index in [0.717, 1.165) is 35.8 Å². The Balaban J connectivity index is 2.56. The lowest BCUT2D eigenvalue weighted by Gasteiger charge is -2.29. The number of benzene rings is 1. The van der Waals surface area contributed by atoms with Crippen LogP contribution < -0.4 is 15.4 Å². The second-order valence-electron chi connectivity index (χ2n) is 3.46. The highest BCUT2D eigenvalue weighted by Gasteiger charge is 2.16. The fraction of sp³-hybridized carbons (Fsp3) is 0.400. The summed E-state index contributed by atoms with van der Waals surface area (Å²) in [5, 5.41) is 0. The standard InChI is InChI=1S/C10H14N2O/c1-7-5-8(11)6-9-10(7)13-4-3-12(9)2/h5-6H,3-4,11H2,1-2H3. The van der Waals surface area contributed by atoms with Gasteiger partial charge in [-0.25, -0.2) is 0 Å². The van der Waals surface area contributed by atoms with Crippen LogP contribution >= 0.6 is 0 Å². The van der Waals surface area contributed by atoms with Crippen LogP contribution in [0.2, 0.25) is 0 Å². The van der Waals surface area contributed by atoms with Gasteiger partial charge in [0.1, 0.15) is 12.4 Å². The lowest BCUT2D eigenvalue weighted by Crippen LogP contribution is -2.29. The number of nitrogens with zero attached hydrogens (tertiary/aromatic N) is 1. The van der Waals surface area contributed by atoms with Crippen LogP contribution in [-0.2, 0) is 0 Å². The predicted octanol–water partition coefficient (Wildman–Crippen LogP) is 1.41. The van der Waals surface area contributed by atoms with E-state index in [2.05, 4.69) is 11.9 Å². The van der Waals surface area contributed by atoms with E-state index in [0.29, 0.717) is 0 Å². The van der Waals surface area contributed by atoms with Gasteiger partial charge < -0.3 is 15.4 Å². The molecule has 1 aromatic rings. The summed E-state index contributed by atoms with van der Waals surface area (Å²) in [6, 6.07) is 3.90. The van der Waals surface area contributed by atoms with E-state index in [1.807, 2.05) is 19.1 Å². The van der Waals surface area contributed by atoms with Crippen LogP contribution in [-0.4, -0.2) is 20.2 Å². The van der Waals surface area contributed by atoms with Gasteiger partial charge in [0.05, 0.1) is 12.2 Å². The third-order valence-electron chi connectivity index (χ3n) is 2.36. The fourth-order valence-corrected chi connectivity index (χ4v) is 1.66. The van der Waals surface area contributed by atoms with E-state index in [9.17, 15) is 0 Å². The van der Waals surface area contributed by atoms with Gasteiger partial charge in [0.15, 0.2) is 0 Å². The van der Waals surface area contributed by atoms with Crippen molar-refractivity contribution in [1.82, 2.24) is 0 Å². The Morgan fingerprint density at radius 2 is 2.23 bits per heavy atom. The second-order valence-corrected chi connectivity index (χ2v) is 3.46. The van der Waals surface area contributed by atoms with Crippen LogP contribution in [0, 0.1) is 6.92 Å². The van der Waals surface area contributed by atoms with Crippen LogP contribution in [0.5, 0.6) is 5.75 Å². The molecule has 70 valence electrons. The Morgan fingerprint density at radius 1 is 1.46 bits per heavy atom. The molecule has 0 amide bonds. The molecule has 0 fully saturated rings. The molecule has 0 radical (unpaired) electrons. The number of fused-ring (bicyclic) bond motifs is 1. The highest BCUT2D eigenvalue weighted by Crippen LogP contribution is 2.35. The topological polar surface area (TPSA) is 38.5 Å². The third-order valence-corrected chi connectivity index (χ3v) is 2.36. The summed E-state index contributed by atoms with van der Waals surface area (Å²) in [4.78, 5) is 2.17. The molecular weight excluding hydrogens is 164 g/mol. The average molecular weight is 178 g/mol. The SMILES string of the molecule is Cc1cc(N)cc2c1OCCN2C. The van der Waals surface area contributed by atoms with Crippen molar-refractivity contribution in [3.63, 3.8) is 0 Å². The van der Waals surface area contributed by atoms with Crippen molar-refractivity contribution in [2.45, 2.75) is 6.92 Å². The summed E-state index contributed by atoms with van der Waals surface area (Å²) in [5.41, 5.74) is 8.78. The van der Waals surface area contributed by atoms with Crippen LogP contribution in [0.15, 0.2) is 12.1 Å². The number of rotatable bonds is 0. The van der Waals surface area contributed by atoms with Gasteiger partial charge in [-0.1, -0.05) is 0 Å². The van der Waals surface area contributed by atoms with Gasteiger partial charge in [0.25, 0.3) is 0 Å². The summed E-state index contributed by atoms with van der Waals surface area (Å²) in [6.07, 6.45) is 0. The number of nitrogen functional groups attached to an aromatic ring is 1. The molecular formula is C10H14N2O. The van der Waals surface area contributed by atoms with E-state index >= 15 is 0 Å². The quantitative estimate of drug-likeness (QED) is 0.610. The molecule has 1 aliphatic heterocycles. The van der Waals surface area contributed by atoms with Crippen molar-refractivity contribution in [2.75, 3.05) is 30.8 Å². The molecule has 0 aromatic heterocycles. The number of hydrogen-bond donors (Lipinski definition) is 1. The first-order valence-corrected chi connectivity index (χ1v) is 4.42. The zero-order chi connectivity index (χ0) is 9.42. The number of hydrogen-bond acceptors (Lipinski definition) is 3. The third kappa shape index (κ3) is 1.30. The van der Waals surface area contributed by atoms with Crippen LogP contribution in [0.3, 0.4) is 0 Å². The number of aryl methyl sites for hydroxylation is 1. The van der Waals surface area contributed by atoms with E-state index in [1.165, 1.54) is 0 Å². The van der Waals surface area contributed by atoms with Crippen molar-refractivity contribution < 1.29 is 4.74 Å². The van der Waals surface area contributed by atoms with Crippen molar-refractivity contribution in [1.29, 1.82) is 0 Å². The van der Waals surface area contributed by atoms with Crippen molar-refractivity contribution in [3.05, 3.63) is 17.7 Å². The molecule has 0 spiro atoms. The molecule has 0 bridgehead atoms. The lowest BCUT2D eigenvalue weighted by molar-refractivity contribution is 0.309. The van der Waals surface area contributed by atoms with Crippen LogP contribution in [0.4, 0.5) is 11.4 Å². The van der Waals surface area contributed by atoms with Crippen molar-refractivity contribution in [2.24, 2.45) is 0 Å². The number of nitrogens with two attached hydrogens (primary N) is 1. The highest BCUT2D eigenvalue weighted by atomic mass is 16.5. The Bertz CT molecular complexity index is 336. The molecule has 3 nitrogen and oxygen atoms in total. The Labute approximate surface area is 78.1 Å². The molecule has 2 N–H and O–H groups in total. The van der Waals surface area contributed by atoms with Gasteiger partial charge in [0, 0.05) is 12.7 Å². The molecule has 2 rings (SSSR count). The first-order valence-electron chi connectivity index (χ1n) is 4.42. The van der Waals surface area contributed by atoms with Gasteiger partial charge in [-0.05, 0) is 24.6 Å². The molecule has 0 atom stereocenters. The first-order chi connectivity index (χ1) is 6.18. The molecule has 1 aliphatic rings. The summed E-state index contributed by atoms with van der Waals surface area (Å²) in [6.45, 7) is 3.71. The normalized spacial score (nSPS) is 15.1. The Kier molecular flexibility index (Phi) is 1.79. The minimum Gasteiger partial charge on any atom is -0.489 e. The van der Waals surface area contributed by atoms with E-state index in [4.69, 9.17) is 10.5 Å². The largest absolute Gasteiger partial charge is 0.489 e. The molecule has 0 unspecified atom stereocenters. The lowest BCUT2D eigenvalue weighted by atomic mass is 10.1. The minimum atomic E-state index is 0.758. The van der Waals surface area contributed by atoms with Crippen LogP contribution in [0.1, 0.15) is 5.56 Å². The fourth-order valence-electron chi connectivity index (χ4n) is 1.66. The average Bonchev–Trinajstić information content (AvgIpc) is 2.07. The van der Waals surface area contributed by atoms with Crippen LogP contribution in [0.25, 0.3) is 0 Å².